The van der Waals surface area contributed by atoms with Gasteiger partial charge in [0.15, 0.2) is 0 Å². The van der Waals surface area contributed by atoms with Crippen LogP contribution in [0, 0.1) is 6.92 Å². The lowest BCUT2D eigenvalue weighted by molar-refractivity contribution is -0.127. The van der Waals surface area contributed by atoms with E-state index in [9.17, 15) is 21.6 Å². The first-order valence-corrected chi connectivity index (χ1v) is 5.68. The van der Waals surface area contributed by atoms with Crippen LogP contribution in [-0.2, 0) is 16.5 Å². The molecule has 90 valence electrons. The molecule has 1 aromatic rings. The summed E-state index contributed by atoms with van der Waals surface area (Å²) in [4.78, 5) is -0.690. The molecule has 1 rings (SSSR count). The van der Waals surface area contributed by atoms with Gasteiger partial charge in [-0.25, -0.2) is 0 Å². The van der Waals surface area contributed by atoms with Gasteiger partial charge in [0.05, 0.1) is 11.3 Å². The van der Waals surface area contributed by atoms with Gasteiger partial charge in [-0.15, -0.1) is 0 Å². The van der Waals surface area contributed by atoms with Gasteiger partial charge in [0.2, 0.25) is 0 Å². The molecule has 7 heteroatoms. The van der Waals surface area contributed by atoms with Crippen molar-refractivity contribution in [3.05, 3.63) is 29.3 Å². The van der Waals surface area contributed by atoms with E-state index in [-0.39, 0.29) is 5.56 Å². The molecule has 0 bridgehead atoms. The minimum Gasteiger partial charge on any atom is -0.282 e. The van der Waals surface area contributed by atoms with Gasteiger partial charge in [0.1, 0.15) is 0 Å². The molecule has 0 aliphatic carbocycles. The summed E-state index contributed by atoms with van der Waals surface area (Å²) in [5, 5.41) is 0. The fraction of sp³-hybridized carbons (Fsp3) is 0.333. The minimum absolute atomic E-state index is 0.174. The number of benzene rings is 1. The Kier molecular flexibility index (Phi) is 3.30. The average Bonchev–Trinajstić information content (AvgIpc) is 2.04. The van der Waals surface area contributed by atoms with Crippen LogP contribution < -0.4 is 0 Å². The third-order valence-corrected chi connectivity index (χ3v) is 2.96. The molecule has 0 aliphatic heterocycles. The molecule has 0 heterocycles. The molecule has 0 aromatic heterocycles. The van der Waals surface area contributed by atoms with Crippen molar-refractivity contribution in [1.29, 1.82) is 0 Å². The second kappa shape index (κ2) is 4.06. The summed E-state index contributed by atoms with van der Waals surface area (Å²) in [5.41, 5.74) is -0.245. The van der Waals surface area contributed by atoms with Gasteiger partial charge in [-0.05, 0) is 24.1 Å². The monoisotopic (exact) mass is 254 g/mol. The van der Waals surface area contributed by atoms with Crippen molar-refractivity contribution in [3.63, 3.8) is 0 Å². The van der Waals surface area contributed by atoms with E-state index in [4.69, 9.17) is 4.55 Å². The highest BCUT2D eigenvalue weighted by molar-refractivity contribution is 7.85. The SMILES string of the molecule is Cc1cccc(S(=O)(=O)O)c1CC(F)(F)F. The maximum Gasteiger partial charge on any atom is 0.393 e. The number of rotatable bonds is 2. The number of hydrogen-bond donors (Lipinski definition) is 1. The van der Waals surface area contributed by atoms with Crippen molar-refractivity contribution in [2.45, 2.75) is 24.4 Å². The smallest absolute Gasteiger partial charge is 0.282 e. The molecular weight excluding hydrogens is 245 g/mol. The molecule has 0 fully saturated rings. The van der Waals surface area contributed by atoms with Crippen molar-refractivity contribution in [2.24, 2.45) is 0 Å². The third kappa shape index (κ3) is 3.21. The van der Waals surface area contributed by atoms with Crippen molar-refractivity contribution in [2.75, 3.05) is 0 Å². The molecule has 1 N–H and O–H groups in total. The second-order valence-electron chi connectivity index (χ2n) is 3.32. The number of alkyl halides is 3. The number of aryl methyl sites for hydroxylation is 1. The van der Waals surface area contributed by atoms with Gasteiger partial charge in [-0.3, -0.25) is 4.55 Å². The Morgan fingerprint density at radius 3 is 2.31 bits per heavy atom. The maximum absolute atomic E-state index is 12.2. The predicted molar refractivity (Wildman–Crippen MR) is 50.8 cm³/mol. The van der Waals surface area contributed by atoms with Gasteiger partial charge < -0.3 is 0 Å². The molecule has 0 radical (unpaired) electrons. The van der Waals surface area contributed by atoms with Gasteiger partial charge in [-0.2, -0.15) is 21.6 Å². The Morgan fingerprint density at radius 2 is 1.88 bits per heavy atom. The van der Waals surface area contributed by atoms with E-state index in [1.807, 2.05) is 0 Å². The van der Waals surface area contributed by atoms with E-state index in [2.05, 4.69) is 0 Å². The minimum atomic E-state index is -4.63. The lowest BCUT2D eigenvalue weighted by Gasteiger charge is -2.12. The highest BCUT2D eigenvalue weighted by Crippen LogP contribution is 2.27. The molecule has 0 saturated heterocycles. The summed E-state index contributed by atoms with van der Waals surface area (Å²) in [6.45, 7) is 1.36. The van der Waals surface area contributed by atoms with E-state index < -0.39 is 33.2 Å². The van der Waals surface area contributed by atoms with Crippen LogP contribution in [0.2, 0.25) is 0 Å². The van der Waals surface area contributed by atoms with Crippen LogP contribution in [0.3, 0.4) is 0 Å². The zero-order valence-electron chi connectivity index (χ0n) is 8.25. The Bertz CT molecular complexity index is 491. The van der Waals surface area contributed by atoms with Crippen molar-refractivity contribution >= 4 is 10.1 Å². The summed E-state index contributed by atoms with van der Waals surface area (Å²) >= 11 is 0. The second-order valence-corrected chi connectivity index (χ2v) is 4.71. The summed E-state index contributed by atoms with van der Waals surface area (Å²) < 4.78 is 67.2. The van der Waals surface area contributed by atoms with E-state index in [1.54, 1.807) is 0 Å². The Hall–Kier alpha value is -1.08. The van der Waals surface area contributed by atoms with Crippen molar-refractivity contribution in [1.82, 2.24) is 0 Å². The van der Waals surface area contributed by atoms with Gasteiger partial charge in [0.25, 0.3) is 10.1 Å². The standard InChI is InChI=1S/C9H9F3O3S/c1-6-3-2-4-8(16(13,14)15)7(6)5-9(10,11)12/h2-4H,5H2,1H3,(H,13,14,15). The molecule has 0 aliphatic rings. The highest BCUT2D eigenvalue weighted by atomic mass is 32.2. The molecule has 0 amide bonds. The Labute approximate surface area is 90.7 Å². The van der Waals surface area contributed by atoms with Gasteiger partial charge in [-0.1, -0.05) is 12.1 Å². The lowest BCUT2D eigenvalue weighted by atomic mass is 10.1. The summed E-state index contributed by atoms with van der Waals surface area (Å²) in [7, 11) is -4.63. The average molecular weight is 254 g/mol. The third-order valence-electron chi connectivity index (χ3n) is 2.02. The van der Waals surface area contributed by atoms with E-state index in [0.717, 1.165) is 6.07 Å². The molecule has 3 nitrogen and oxygen atoms in total. The van der Waals surface area contributed by atoms with Crippen molar-refractivity contribution in [3.8, 4) is 0 Å². The Morgan fingerprint density at radius 1 is 1.31 bits per heavy atom. The van der Waals surface area contributed by atoms with Crippen LogP contribution >= 0.6 is 0 Å². The normalized spacial score (nSPS) is 12.8. The molecule has 0 saturated carbocycles. The molecule has 0 spiro atoms. The van der Waals surface area contributed by atoms with Crippen LogP contribution in [0.5, 0.6) is 0 Å². The van der Waals surface area contributed by atoms with Crippen LogP contribution in [0.25, 0.3) is 0 Å². The van der Waals surface area contributed by atoms with Crippen LogP contribution in [0.15, 0.2) is 23.1 Å². The van der Waals surface area contributed by atoms with Crippen LogP contribution in [-0.4, -0.2) is 19.1 Å². The molecule has 0 atom stereocenters. The molecule has 0 unspecified atom stereocenters. The lowest BCUT2D eigenvalue weighted by Crippen LogP contribution is -2.16. The van der Waals surface area contributed by atoms with Gasteiger partial charge >= 0.3 is 6.18 Å². The fourth-order valence-electron chi connectivity index (χ4n) is 1.34. The van der Waals surface area contributed by atoms with Crippen LogP contribution in [0.4, 0.5) is 13.2 Å². The first-order chi connectivity index (χ1) is 7.11. The topological polar surface area (TPSA) is 54.4 Å². The van der Waals surface area contributed by atoms with E-state index in [1.165, 1.54) is 19.1 Å². The number of halogens is 3. The number of hydrogen-bond acceptors (Lipinski definition) is 2. The fourth-order valence-corrected chi connectivity index (χ4v) is 2.14. The quantitative estimate of drug-likeness (QED) is 0.824. The molecule has 1 aromatic carbocycles. The highest BCUT2D eigenvalue weighted by Gasteiger charge is 2.31. The Balaban J connectivity index is 3.36. The zero-order chi connectivity index (χ0) is 12.6. The first-order valence-electron chi connectivity index (χ1n) is 4.24. The van der Waals surface area contributed by atoms with Gasteiger partial charge in [0, 0.05) is 0 Å². The van der Waals surface area contributed by atoms with Crippen molar-refractivity contribution < 1.29 is 26.1 Å². The molecule has 16 heavy (non-hydrogen) atoms. The van der Waals surface area contributed by atoms with Crippen LogP contribution in [0.1, 0.15) is 11.1 Å². The maximum atomic E-state index is 12.2. The largest absolute Gasteiger partial charge is 0.393 e. The summed E-state index contributed by atoms with van der Waals surface area (Å²) in [6.07, 6.45) is -5.90. The summed E-state index contributed by atoms with van der Waals surface area (Å²) in [5.74, 6) is 0. The van der Waals surface area contributed by atoms with E-state index in [0.29, 0.717) is 0 Å². The summed E-state index contributed by atoms with van der Waals surface area (Å²) in [6, 6.07) is 3.58. The molecular formula is C9H9F3O3S. The predicted octanol–water partition coefficient (Wildman–Crippen LogP) is 2.35. The van der Waals surface area contributed by atoms with E-state index >= 15 is 0 Å². The first kappa shape index (κ1) is 13.0. The zero-order valence-corrected chi connectivity index (χ0v) is 9.06.